The predicted octanol–water partition coefficient (Wildman–Crippen LogP) is 3.94. The van der Waals surface area contributed by atoms with Crippen molar-refractivity contribution in [2.24, 2.45) is 5.92 Å². The maximum atomic E-state index is 12.7. The highest BCUT2D eigenvalue weighted by Crippen LogP contribution is 2.54. The summed E-state index contributed by atoms with van der Waals surface area (Å²) in [5.74, 6) is -0.549. The summed E-state index contributed by atoms with van der Waals surface area (Å²) in [6.45, 7) is 5.42. The highest BCUT2D eigenvalue weighted by molar-refractivity contribution is 7.92. The average Bonchev–Trinajstić information content (AvgIpc) is 3.35. The molecule has 1 saturated carbocycles. The van der Waals surface area contributed by atoms with Gasteiger partial charge >= 0.3 is 6.18 Å². The van der Waals surface area contributed by atoms with Crippen LogP contribution in [0.15, 0.2) is 36.5 Å². The first-order valence-corrected chi connectivity index (χ1v) is 11.5. The van der Waals surface area contributed by atoms with E-state index < -0.39 is 27.3 Å². The number of amides is 1. The number of nitrogens with one attached hydrogen (secondary N) is 2. The smallest absolute Gasteiger partial charge is 0.349 e. The normalized spacial score (nSPS) is 22.0. The Morgan fingerprint density at radius 2 is 1.94 bits per heavy atom. The number of hydrogen-bond acceptors (Lipinski definition) is 4. The molecule has 1 fully saturated rings. The summed E-state index contributed by atoms with van der Waals surface area (Å²) in [4.78, 5) is 16.2. The van der Waals surface area contributed by atoms with Crippen LogP contribution in [0.2, 0.25) is 0 Å². The molecule has 3 atom stereocenters. The molecular formula is C21H24F3N3O3S. The fourth-order valence-corrected chi connectivity index (χ4v) is 4.26. The lowest BCUT2D eigenvalue weighted by Gasteiger charge is -2.18. The zero-order valence-electron chi connectivity index (χ0n) is 17.5. The van der Waals surface area contributed by atoms with Crippen molar-refractivity contribution in [3.63, 3.8) is 0 Å². The molecule has 0 saturated heterocycles. The van der Waals surface area contributed by atoms with E-state index in [-0.39, 0.29) is 17.9 Å². The quantitative estimate of drug-likeness (QED) is 0.691. The van der Waals surface area contributed by atoms with Gasteiger partial charge in [-0.15, -0.1) is 0 Å². The number of halogens is 3. The molecule has 168 valence electrons. The number of aryl methyl sites for hydroxylation is 1. The molecule has 1 aliphatic carbocycles. The largest absolute Gasteiger partial charge is 0.433 e. The Labute approximate surface area is 179 Å². The SMILES string of the molecule is Cc1cc(C(C)NC(=O)C2CC2(C)c2ccc(C(F)(F)F)nc2)ccc1NS(C)(=O)=O. The molecule has 0 radical (unpaired) electrons. The van der Waals surface area contributed by atoms with Gasteiger partial charge in [-0.05, 0) is 49.1 Å². The first-order valence-electron chi connectivity index (χ1n) is 9.63. The molecule has 0 aliphatic heterocycles. The molecule has 3 unspecified atom stereocenters. The molecule has 6 nitrogen and oxygen atoms in total. The number of rotatable bonds is 6. The molecule has 1 aromatic heterocycles. The van der Waals surface area contributed by atoms with Crippen LogP contribution in [-0.2, 0) is 26.4 Å². The van der Waals surface area contributed by atoms with Crippen molar-refractivity contribution in [2.75, 3.05) is 11.0 Å². The molecule has 1 aromatic carbocycles. The minimum atomic E-state index is -4.50. The molecule has 2 aromatic rings. The van der Waals surface area contributed by atoms with E-state index in [2.05, 4.69) is 15.0 Å². The van der Waals surface area contributed by atoms with E-state index in [9.17, 15) is 26.4 Å². The number of aromatic nitrogens is 1. The lowest BCUT2D eigenvalue weighted by Crippen LogP contribution is -2.30. The van der Waals surface area contributed by atoms with Gasteiger partial charge in [-0.1, -0.05) is 25.1 Å². The van der Waals surface area contributed by atoms with Gasteiger partial charge in [-0.2, -0.15) is 13.2 Å². The van der Waals surface area contributed by atoms with Crippen molar-refractivity contribution in [3.8, 4) is 0 Å². The predicted molar refractivity (Wildman–Crippen MR) is 111 cm³/mol. The van der Waals surface area contributed by atoms with Gasteiger partial charge in [-0.25, -0.2) is 8.42 Å². The summed E-state index contributed by atoms with van der Waals surface area (Å²) in [6.07, 6.45) is -1.72. The fourth-order valence-electron chi connectivity index (χ4n) is 3.63. The highest BCUT2D eigenvalue weighted by atomic mass is 32.2. The monoisotopic (exact) mass is 455 g/mol. The van der Waals surface area contributed by atoms with Gasteiger partial charge in [0.1, 0.15) is 5.69 Å². The number of anilines is 1. The van der Waals surface area contributed by atoms with E-state index in [1.54, 1.807) is 25.1 Å². The number of alkyl halides is 3. The van der Waals surface area contributed by atoms with E-state index in [0.29, 0.717) is 17.7 Å². The van der Waals surface area contributed by atoms with Crippen LogP contribution >= 0.6 is 0 Å². The molecule has 1 aliphatic rings. The van der Waals surface area contributed by atoms with Gasteiger partial charge < -0.3 is 5.32 Å². The fraction of sp³-hybridized carbons (Fsp3) is 0.429. The second kappa shape index (κ2) is 7.81. The van der Waals surface area contributed by atoms with Crippen molar-refractivity contribution in [2.45, 2.75) is 44.8 Å². The maximum Gasteiger partial charge on any atom is 0.433 e. The number of pyridine rings is 1. The molecule has 10 heteroatoms. The minimum absolute atomic E-state index is 0.189. The molecular weight excluding hydrogens is 431 g/mol. The Balaban J connectivity index is 1.66. The molecule has 31 heavy (non-hydrogen) atoms. The van der Waals surface area contributed by atoms with Crippen molar-refractivity contribution in [1.29, 1.82) is 0 Å². The number of carbonyl (C=O) groups is 1. The third-order valence-corrected chi connectivity index (χ3v) is 6.26. The molecule has 3 rings (SSSR count). The van der Waals surface area contributed by atoms with Crippen LogP contribution in [-0.4, -0.2) is 25.6 Å². The minimum Gasteiger partial charge on any atom is -0.349 e. The van der Waals surface area contributed by atoms with Crippen LogP contribution in [0.3, 0.4) is 0 Å². The summed E-state index contributed by atoms with van der Waals surface area (Å²) in [5.41, 5.74) is 1.08. The van der Waals surface area contributed by atoms with Crippen molar-refractivity contribution in [3.05, 3.63) is 58.9 Å². The number of carbonyl (C=O) groups excluding carboxylic acids is 1. The van der Waals surface area contributed by atoms with Crippen LogP contribution in [0, 0.1) is 12.8 Å². The van der Waals surface area contributed by atoms with Crippen LogP contribution in [0.5, 0.6) is 0 Å². The zero-order chi connectivity index (χ0) is 23.2. The number of nitrogens with zero attached hydrogens (tertiary/aromatic N) is 1. The average molecular weight is 456 g/mol. The van der Waals surface area contributed by atoms with E-state index in [1.807, 2.05) is 13.8 Å². The van der Waals surface area contributed by atoms with Gasteiger partial charge in [0.15, 0.2) is 0 Å². The summed E-state index contributed by atoms with van der Waals surface area (Å²) < 4.78 is 63.4. The van der Waals surface area contributed by atoms with Crippen LogP contribution in [0.1, 0.15) is 48.7 Å². The van der Waals surface area contributed by atoms with Gasteiger partial charge in [0, 0.05) is 17.5 Å². The Morgan fingerprint density at radius 1 is 1.26 bits per heavy atom. The Bertz CT molecular complexity index is 1100. The zero-order valence-corrected chi connectivity index (χ0v) is 18.4. The Morgan fingerprint density at radius 3 is 2.45 bits per heavy atom. The van der Waals surface area contributed by atoms with Gasteiger partial charge in [0.25, 0.3) is 0 Å². The summed E-state index contributed by atoms with van der Waals surface area (Å²) in [6, 6.07) is 7.16. The molecule has 2 N–H and O–H groups in total. The van der Waals surface area contributed by atoms with Gasteiger partial charge in [0.05, 0.1) is 18.0 Å². The van der Waals surface area contributed by atoms with Crippen molar-refractivity contribution >= 4 is 21.6 Å². The molecule has 1 amide bonds. The number of benzene rings is 1. The topological polar surface area (TPSA) is 88.2 Å². The standard InChI is InChI=1S/C21H24F3N3O3S/c1-12-9-14(5-7-17(12)27-31(4,29)30)13(2)26-19(28)16-10-20(16,3)15-6-8-18(25-11-15)21(22,23)24/h5-9,11,13,16,27H,10H2,1-4H3,(H,26,28). The Hall–Kier alpha value is -2.62. The lowest BCUT2D eigenvalue weighted by molar-refractivity contribution is -0.141. The second-order valence-electron chi connectivity index (χ2n) is 8.28. The van der Waals surface area contributed by atoms with Crippen molar-refractivity contribution in [1.82, 2.24) is 10.3 Å². The van der Waals surface area contributed by atoms with Crippen LogP contribution in [0.25, 0.3) is 0 Å². The molecule has 0 bridgehead atoms. The van der Waals surface area contributed by atoms with Crippen LogP contribution in [0.4, 0.5) is 18.9 Å². The summed E-state index contributed by atoms with van der Waals surface area (Å²) in [5, 5.41) is 2.94. The first kappa shape index (κ1) is 23.1. The number of hydrogen-bond donors (Lipinski definition) is 2. The molecule has 0 spiro atoms. The van der Waals surface area contributed by atoms with Gasteiger partial charge in [-0.3, -0.25) is 14.5 Å². The van der Waals surface area contributed by atoms with E-state index >= 15 is 0 Å². The van der Waals surface area contributed by atoms with E-state index in [1.165, 1.54) is 12.3 Å². The summed E-state index contributed by atoms with van der Waals surface area (Å²) in [7, 11) is -3.39. The first-order chi connectivity index (χ1) is 14.2. The van der Waals surface area contributed by atoms with E-state index in [4.69, 9.17) is 0 Å². The number of sulfonamides is 1. The maximum absolute atomic E-state index is 12.7. The second-order valence-corrected chi connectivity index (χ2v) is 10.0. The third-order valence-electron chi connectivity index (χ3n) is 5.67. The van der Waals surface area contributed by atoms with E-state index in [0.717, 1.165) is 23.4 Å². The highest BCUT2D eigenvalue weighted by Gasteiger charge is 2.56. The van der Waals surface area contributed by atoms with Gasteiger partial charge in [0.2, 0.25) is 15.9 Å². The van der Waals surface area contributed by atoms with Crippen molar-refractivity contribution < 1.29 is 26.4 Å². The lowest BCUT2D eigenvalue weighted by atomic mass is 9.96. The Kier molecular flexibility index (Phi) is 5.81. The van der Waals surface area contributed by atoms with Crippen LogP contribution < -0.4 is 10.0 Å². The third kappa shape index (κ3) is 5.17. The molecule has 1 heterocycles. The summed E-state index contributed by atoms with van der Waals surface area (Å²) >= 11 is 0.